The van der Waals surface area contributed by atoms with Gasteiger partial charge in [0.1, 0.15) is 5.69 Å². The van der Waals surface area contributed by atoms with E-state index >= 15 is 0 Å². The number of likely N-dealkylation sites (N-methyl/N-ethyl adjacent to an activating group) is 1. The van der Waals surface area contributed by atoms with Crippen molar-refractivity contribution in [3.63, 3.8) is 0 Å². The molecule has 0 unspecified atom stereocenters. The second-order valence-electron chi connectivity index (χ2n) is 7.77. The third-order valence-electron chi connectivity index (χ3n) is 6.47. The molecule has 5 rings (SSSR count). The predicted octanol–water partition coefficient (Wildman–Crippen LogP) is 2.97. The zero-order valence-corrected chi connectivity index (χ0v) is 16.2. The lowest BCUT2D eigenvalue weighted by atomic mass is 9.78. The topological polar surface area (TPSA) is 65.1 Å². The van der Waals surface area contributed by atoms with E-state index in [1.54, 1.807) is 0 Å². The number of pyridine rings is 1. The van der Waals surface area contributed by atoms with Gasteiger partial charge in [0.05, 0.1) is 23.1 Å². The molecule has 1 saturated heterocycles. The van der Waals surface area contributed by atoms with Gasteiger partial charge in [0.15, 0.2) is 0 Å². The Labute approximate surface area is 164 Å². The summed E-state index contributed by atoms with van der Waals surface area (Å²) >= 11 is 0. The van der Waals surface area contributed by atoms with Crippen LogP contribution in [0.5, 0.6) is 0 Å². The highest BCUT2D eigenvalue weighted by Crippen LogP contribution is 2.42. The van der Waals surface area contributed by atoms with E-state index < -0.39 is 0 Å². The lowest BCUT2D eigenvalue weighted by molar-refractivity contribution is 0.0101. The summed E-state index contributed by atoms with van der Waals surface area (Å²) in [5.74, 6) is 0.0294. The van der Waals surface area contributed by atoms with Crippen LogP contribution in [-0.2, 0) is 12.0 Å². The molecule has 2 aromatic heterocycles. The molecule has 0 atom stereocenters. The number of H-pyrrole nitrogens is 1. The Bertz CT molecular complexity index is 1020. The smallest absolute Gasteiger partial charge is 0.272 e. The number of carbonyl (C=O) groups excluding carboxylic acids is 1. The van der Waals surface area contributed by atoms with E-state index in [-0.39, 0.29) is 11.4 Å². The molecule has 144 valence electrons. The van der Waals surface area contributed by atoms with E-state index in [1.165, 1.54) is 11.4 Å². The van der Waals surface area contributed by atoms with E-state index in [4.69, 9.17) is 0 Å². The van der Waals surface area contributed by atoms with Gasteiger partial charge in [-0.3, -0.25) is 9.69 Å². The van der Waals surface area contributed by atoms with Crippen molar-refractivity contribution in [2.75, 3.05) is 26.2 Å². The van der Waals surface area contributed by atoms with Crippen LogP contribution in [0.2, 0.25) is 0 Å². The van der Waals surface area contributed by atoms with Gasteiger partial charge in [-0.05, 0) is 31.5 Å². The molecule has 1 aromatic carbocycles. The van der Waals surface area contributed by atoms with E-state index in [0.29, 0.717) is 5.69 Å². The molecule has 2 aliphatic heterocycles. The lowest BCUT2D eigenvalue weighted by Gasteiger charge is -2.50. The largest absolute Gasteiger partial charge is 0.348 e. The molecule has 28 heavy (non-hydrogen) atoms. The molecule has 0 bridgehead atoms. The van der Waals surface area contributed by atoms with Gasteiger partial charge in [-0.15, -0.1) is 0 Å². The summed E-state index contributed by atoms with van der Waals surface area (Å²) in [5, 5.41) is 1.06. The highest BCUT2D eigenvalue weighted by atomic mass is 16.2. The van der Waals surface area contributed by atoms with E-state index in [0.717, 1.165) is 56.3 Å². The first-order chi connectivity index (χ1) is 13.7. The average Bonchev–Trinajstić information content (AvgIpc) is 3.24. The maximum absolute atomic E-state index is 13.1. The maximum atomic E-state index is 13.1. The van der Waals surface area contributed by atoms with E-state index in [9.17, 15) is 4.79 Å². The molecule has 1 fully saturated rings. The lowest BCUT2D eigenvalue weighted by Crippen LogP contribution is -2.57. The van der Waals surface area contributed by atoms with Crippen molar-refractivity contribution in [3.8, 4) is 0 Å². The molecule has 2 aliphatic rings. The minimum absolute atomic E-state index is 0.0294. The first-order valence-electron chi connectivity index (χ1n) is 10.1. The summed E-state index contributed by atoms with van der Waals surface area (Å²) in [6.07, 6.45) is 4.67. The van der Waals surface area contributed by atoms with Crippen molar-refractivity contribution in [2.24, 2.45) is 0 Å². The number of rotatable bonds is 2. The van der Waals surface area contributed by atoms with Gasteiger partial charge in [-0.25, -0.2) is 9.97 Å². The summed E-state index contributed by atoms with van der Waals surface area (Å²) in [5.41, 5.74) is 3.81. The monoisotopic (exact) mass is 375 g/mol. The van der Waals surface area contributed by atoms with Crippen LogP contribution in [0.25, 0.3) is 10.9 Å². The predicted molar refractivity (Wildman–Crippen MR) is 108 cm³/mol. The molecular weight excluding hydrogens is 350 g/mol. The number of aromatic nitrogens is 3. The second-order valence-corrected chi connectivity index (χ2v) is 7.77. The maximum Gasteiger partial charge on any atom is 0.272 e. The Hall–Kier alpha value is -2.73. The van der Waals surface area contributed by atoms with E-state index in [2.05, 4.69) is 26.8 Å². The van der Waals surface area contributed by atoms with Crippen LogP contribution in [0.15, 0.2) is 42.7 Å². The number of nitrogens with zero attached hydrogens (tertiary/aromatic N) is 4. The number of para-hydroxylation sites is 1. The van der Waals surface area contributed by atoms with Gasteiger partial charge >= 0.3 is 0 Å². The van der Waals surface area contributed by atoms with Gasteiger partial charge in [0.2, 0.25) is 0 Å². The summed E-state index contributed by atoms with van der Waals surface area (Å²) < 4.78 is 0. The minimum Gasteiger partial charge on any atom is -0.348 e. The molecule has 0 saturated carbocycles. The normalized spacial score (nSPS) is 19.1. The number of imidazole rings is 1. The molecule has 1 amide bonds. The van der Waals surface area contributed by atoms with Crippen molar-refractivity contribution >= 4 is 16.8 Å². The molecular formula is C22H25N5O. The Kier molecular flexibility index (Phi) is 4.16. The Morgan fingerprint density at radius 3 is 2.79 bits per heavy atom. The highest BCUT2D eigenvalue weighted by Gasteiger charge is 2.46. The number of hydrogen-bond acceptors (Lipinski definition) is 4. The molecule has 6 nitrogen and oxygen atoms in total. The summed E-state index contributed by atoms with van der Waals surface area (Å²) in [6.45, 7) is 5.74. The molecule has 3 aromatic rings. The molecule has 0 radical (unpaired) electrons. The Balaban J connectivity index is 1.38. The van der Waals surface area contributed by atoms with Crippen LogP contribution in [0, 0.1) is 0 Å². The molecule has 1 spiro atoms. The first kappa shape index (κ1) is 17.4. The van der Waals surface area contributed by atoms with Gasteiger partial charge in [-0.1, -0.05) is 31.2 Å². The number of nitrogens with one attached hydrogen (secondary N) is 1. The number of carbonyl (C=O) groups is 1. The third kappa shape index (κ3) is 2.63. The fourth-order valence-corrected chi connectivity index (χ4v) is 4.96. The molecule has 0 aliphatic carbocycles. The Morgan fingerprint density at radius 1 is 1.14 bits per heavy atom. The zero-order chi connectivity index (χ0) is 19.1. The van der Waals surface area contributed by atoms with Crippen LogP contribution in [0.1, 0.15) is 41.6 Å². The fourth-order valence-electron chi connectivity index (χ4n) is 4.96. The van der Waals surface area contributed by atoms with Crippen LogP contribution < -0.4 is 0 Å². The molecule has 6 heteroatoms. The van der Waals surface area contributed by atoms with Crippen molar-refractivity contribution in [1.82, 2.24) is 24.8 Å². The summed E-state index contributed by atoms with van der Waals surface area (Å²) in [6, 6.07) is 11.8. The SMILES string of the molecule is CCN1CCc2[nH]cnc2C12CCN(C(=O)c1ccc3ccccc3n1)CC2. The van der Waals surface area contributed by atoms with Crippen molar-refractivity contribution in [3.05, 3.63) is 59.8 Å². The Morgan fingerprint density at radius 2 is 1.96 bits per heavy atom. The minimum atomic E-state index is -0.0457. The van der Waals surface area contributed by atoms with Crippen LogP contribution in [-0.4, -0.2) is 56.8 Å². The first-order valence-corrected chi connectivity index (χ1v) is 10.1. The number of likely N-dealkylation sites (tertiary alicyclic amines) is 1. The average molecular weight is 375 g/mol. The fraction of sp³-hybridized carbons (Fsp3) is 0.409. The van der Waals surface area contributed by atoms with Gasteiger partial charge in [0.25, 0.3) is 5.91 Å². The number of benzene rings is 1. The summed E-state index contributed by atoms with van der Waals surface area (Å²) in [4.78, 5) is 30.2. The second kappa shape index (κ2) is 6.71. The van der Waals surface area contributed by atoms with E-state index in [1.807, 2.05) is 47.6 Å². The quantitative estimate of drug-likeness (QED) is 0.748. The van der Waals surface area contributed by atoms with Crippen molar-refractivity contribution in [1.29, 1.82) is 0 Å². The molecule has 1 N–H and O–H groups in total. The van der Waals surface area contributed by atoms with Gasteiger partial charge in [0, 0.05) is 37.1 Å². The van der Waals surface area contributed by atoms with Crippen molar-refractivity contribution < 1.29 is 4.79 Å². The number of amides is 1. The number of piperidine rings is 1. The standard InChI is InChI=1S/C22H25N5O/c1-2-27-12-9-18-20(24-15-23-18)22(27)10-13-26(14-11-22)21(28)19-8-7-16-5-3-4-6-17(16)25-19/h3-8,15H,2,9-14H2,1H3,(H,23,24). The van der Waals surface area contributed by atoms with Crippen LogP contribution >= 0.6 is 0 Å². The van der Waals surface area contributed by atoms with Crippen molar-refractivity contribution in [2.45, 2.75) is 31.7 Å². The van der Waals surface area contributed by atoms with Crippen LogP contribution in [0.3, 0.4) is 0 Å². The van der Waals surface area contributed by atoms with Crippen LogP contribution in [0.4, 0.5) is 0 Å². The number of hydrogen-bond donors (Lipinski definition) is 1. The molecule has 4 heterocycles. The van der Waals surface area contributed by atoms with Gasteiger partial charge in [-0.2, -0.15) is 0 Å². The number of aromatic amines is 1. The third-order valence-corrected chi connectivity index (χ3v) is 6.47. The van der Waals surface area contributed by atoms with Gasteiger partial charge < -0.3 is 9.88 Å². The highest BCUT2D eigenvalue weighted by molar-refractivity contribution is 5.95. The summed E-state index contributed by atoms with van der Waals surface area (Å²) in [7, 11) is 0. The number of fused-ring (bicyclic) bond motifs is 3. The zero-order valence-electron chi connectivity index (χ0n) is 16.2.